The van der Waals surface area contributed by atoms with E-state index >= 15 is 0 Å². The van der Waals surface area contributed by atoms with Crippen LogP contribution in [0.5, 0.6) is 5.88 Å². The van der Waals surface area contributed by atoms with Crippen LogP contribution in [0.4, 0.5) is 0 Å². The van der Waals surface area contributed by atoms with E-state index in [1.807, 2.05) is 19.1 Å². The highest BCUT2D eigenvalue weighted by molar-refractivity contribution is 6.02. The summed E-state index contributed by atoms with van der Waals surface area (Å²) in [5.74, 6) is 0.852. The van der Waals surface area contributed by atoms with Crippen LogP contribution in [0.1, 0.15) is 31.4 Å². The fourth-order valence-electron chi connectivity index (χ4n) is 1.93. The lowest BCUT2D eigenvalue weighted by atomic mass is 10.1. The zero-order chi connectivity index (χ0) is 13.1. The second kappa shape index (κ2) is 5.25. The van der Waals surface area contributed by atoms with Crippen molar-refractivity contribution in [2.24, 2.45) is 10.9 Å². The molecule has 0 aliphatic carbocycles. The summed E-state index contributed by atoms with van der Waals surface area (Å²) in [5, 5.41) is 10.9. The maximum atomic E-state index is 9.89. The van der Waals surface area contributed by atoms with Crippen molar-refractivity contribution in [2.45, 2.75) is 27.2 Å². The highest BCUT2D eigenvalue weighted by Gasteiger charge is 2.08. The van der Waals surface area contributed by atoms with Crippen LogP contribution in [0.15, 0.2) is 23.2 Å². The van der Waals surface area contributed by atoms with Gasteiger partial charge in [0.2, 0.25) is 0 Å². The van der Waals surface area contributed by atoms with Crippen molar-refractivity contribution in [3.05, 3.63) is 29.3 Å². The number of fused-ring (bicyclic) bond motifs is 1. The van der Waals surface area contributed by atoms with Gasteiger partial charge in [-0.2, -0.15) is 0 Å². The van der Waals surface area contributed by atoms with E-state index in [4.69, 9.17) is 0 Å². The van der Waals surface area contributed by atoms with E-state index in [0.717, 1.165) is 29.4 Å². The Bertz CT molecular complexity index is 567. The van der Waals surface area contributed by atoms with Crippen LogP contribution in [0.25, 0.3) is 10.9 Å². The quantitative estimate of drug-likeness (QED) is 0.792. The molecule has 2 aromatic rings. The van der Waals surface area contributed by atoms with Gasteiger partial charge in [-0.15, -0.1) is 0 Å². The Morgan fingerprint density at radius 1 is 1.39 bits per heavy atom. The SMILES string of the molecule is Cc1ccc2[nH]c(O)c(C=NCCC(C)C)c2c1. The Balaban J connectivity index is 2.26. The van der Waals surface area contributed by atoms with E-state index in [-0.39, 0.29) is 5.88 Å². The molecule has 2 rings (SSSR count). The summed E-state index contributed by atoms with van der Waals surface area (Å²) in [6.07, 6.45) is 2.84. The first kappa shape index (κ1) is 12.7. The standard InChI is InChI=1S/C15H20N2O/c1-10(2)6-7-16-9-13-12-8-11(3)4-5-14(12)17-15(13)18/h4-5,8-10,17-18H,6-7H2,1-3H3. The fourth-order valence-corrected chi connectivity index (χ4v) is 1.93. The predicted molar refractivity (Wildman–Crippen MR) is 76.6 cm³/mol. The van der Waals surface area contributed by atoms with E-state index in [0.29, 0.717) is 5.92 Å². The van der Waals surface area contributed by atoms with E-state index in [9.17, 15) is 5.11 Å². The van der Waals surface area contributed by atoms with Crippen LogP contribution in [0, 0.1) is 12.8 Å². The third kappa shape index (κ3) is 2.73. The van der Waals surface area contributed by atoms with Crippen molar-refractivity contribution in [1.29, 1.82) is 0 Å². The van der Waals surface area contributed by atoms with Crippen LogP contribution in [-0.4, -0.2) is 22.8 Å². The minimum Gasteiger partial charge on any atom is -0.494 e. The number of benzene rings is 1. The van der Waals surface area contributed by atoms with E-state index in [1.165, 1.54) is 5.56 Å². The minimum atomic E-state index is 0.198. The summed E-state index contributed by atoms with van der Waals surface area (Å²) in [5.41, 5.74) is 2.92. The summed E-state index contributed by atoms with van der Waals surface area (Å²) >= 11 is 0. The number of aliphatic imine (C=N–C) groups is 1. The molecule has 0 saturated heterocycles. The molecule has 3 nitrogen and oxygen atoms in total. The lowest BCUT2D eigenvalue weighted by Crippen LogP contribution is -1.91. The predicted octanol–water partition coefficient (Wildman–Crippen LogP) is 3.65. The van der Waals surface area contributed by atoms with Crippen LogP contribution >= 0.6 is 0 Å². The molecule has 1 aromatic heterocycles. The summed E-state index contributed by atoms with van der Waals surface area (Å²) in [7, 11) is 0. The van der Waals surface area contributed by atoms with Gasteiger partial charge in [-0.25, -0.2) is 0 Å². The molecule has 0 aliphatic rings. The first-order valence-electron chi connectivity index (χ1n) is 6.39. The number of aromatic amines is 1. The van der Waals surface area contributed by atoms with E-state index in [2.05, 4.69) is 29.9 Å². The van der Waals surface area contributed by atoms with Gasteiger partial charge in [0, 0.05) is 23.7 Å². The second-order valence-corrected chi connectivity index (χ2v) is 5.15. The van der Waals surface area contributed by atoms with Gasteiger partial charge in [-0.05, 0) is 31.4 Å². The number of hydrogen-bond donors (Lipinski definition) is 2. The van der Waals surface area contributed by atoms with Crippen molar-refractivity contribution in [3.8, 4) is 5.88 Å². The minimum absolute atomic E-state index is 0.198. The van der Waals surface area contributed by atoms with Crippen LogP contribution < -0.4 is 0 Å². The highest BCUT2D eigenvalue weighted by Crippen LogP contribution is 2.26. The number of hydrogen-bond acceptors (Lipinski definition) is 2. The monoisotopic (exact) mass is 244 g/mol. The van der Waals surface area contributed by atoms with Crippen LogP contribution in [0.3, 0.4) is 0 Å². The van der Waals surface area contributed by atoms with E-state index in [1.54, 1.807) is 6.21 Å². The summed E-state index contributed by atoms with van der Waals surface area (Å²) < 4.78 is 0. The third-order valence-electron chi connectivity index (χ3n) is 3.03. The molecule has 0 spiro atoms. The van der Waals surface area contributed by atoms with Crippen molar-refractivity contribution in [1.82, 2.24) is 4.98 Å². The van der Waals surface area contributed by atoms with Crippen LogP contribution in [-0.2, 0) is 0 Å². The normalized spacial score (nSPS) is 12.0. The summed E-state index contributed by atoms with van der Waals surface area (Å²) in [6.45, 7) is 7.21. The van der Waals surface area contributed by atoms with E-state index < -0.39 is 0 Å². The van der Waals surface area contributed by atoms with Crippen molar-refractivity contribution in [2.75, 3.05) is 6.54 Å². The first-order chi connectivity index (χ1) is 8.58. The molecule has 0 saturated carbocycles. The highest BCUT2D eigenvalue weighted by atomic mass is 16.3. The Labute approximate surface area is 108 Å². The number of aryl methyl sites for hydroxylation is 1. The van der Waals surface area contributed by atoms with Gasteiger partial charge in [0.25, 0.3) is 0 Å². The maximum absolute atomic E-state index is 9.89. The molecular weight excluding hydrogens is 224 g/mol. The molecular formula is C15H20N2O. The molecule has 3 heteroatoms. The Hall–Kier alpha value is -1.77. The van der Waals surface area contributed by atoms with Crippen molar-refractivity contribution >= 4 is 17.1 Å². The van der Waals surface area contributed by atoms with Gasteiger partial charge >= 0.3 is 0 Å². The molecule has 0 bridgehead atoms. The topological polar surface area (TPSA) is 48.4 Å². The number of nitrogens with zero attached hydrogens (tertiary/aromatic N) is 1. The molecule has 1 heterocycles. The molecule has 1 aromatic carbocycles. The molecule has 0 amide bonds. The number of H-pyrrole nitrogens is 1. The Morgan fingerprint density at radius 3 is 2.89 bits per heavy atom. The average molecular weight is 244 g/mol. The summed E-state index contributed by atoms with van der Waals surface area (Å²) in [6, 6.07) is 6.07. The van der Waals surface area contributed by atoms with Crippen LogP contribution in [0.2, 0.25) is 0 Å². The smallest absolute Gasteiger partial charge is 0.198 e. The molecule has 0 radical (unpaired) electrons. The lowest BCUT2D eigenvalue weighted by molar-refractivity contribution is 0.457. The molecule has 0 atom stereocenters. The lowest BCUT2D eigenvalue weighted by Gasteiger charge is -1.99. The van der Waals surface area contributed by atoms with Gasteiger partial charge < -0.3 is 10.1 Å². The molecule has 96 valence electrons. The maximum Gasteiger partial charge on any atom is 0.198 e. The van der Waals surface area contributed by atoms with Gasteiger partial charge in [0.1, 0.15) is 0 Å². The fraction of sp³-hybridized carbons (Fsp3) is 0.400. The van der Waals surface area contributed by atoms with Crippen molar-refractivity contribution < 1.29 is 5.11 Å². The molecule has 0 fully saturated rings. The zero-order valence-corrected chi connectivity index (χ0v) is 11.2. The molecule has 0 aliphatic heterocycles. The van der Waals surface area contributed by atoms with Gasteiger partial charge in [0.15, 0.2) is 5.88 Å². The average Bonchev–Trinajstić information content (AvgIpc) is 2.60. The summed E-state index contributed by atoms with van der Waals surface area (Å²) in [4.78, 5) is 7.36. The number of rotatable bonds is 4. The molecule has 18 heavy (non-hydrogen) atoms. The largest absolute Gasteiger partial charge is 0.494 e. The second-order valence-electron chi connectivity index (χ2n) is 5.15. The number of nitrogens with one attached hydrogen (secondary N) is 1. The molecule has 0 unspecified atom stereocenters. The Morgan fingerprint density at radius 2 is 2.17 bits per heavy atom. The number of aromatic hydroxyl groups is 1. The van der Waals surface area contributed by atoms with Gasteiger partial charge in [0.05, 0.1) is 5.56 Å². The molecule has 2 N–H and O–H groups in total. The van der Waals surface area contributed by atoms with Gasteiger partial charge in [-0.1, -0.05) is 25.5 Å². The van der Waals surface area contributed by atoms with Crippen molar-refractivity contribution in [3.63, 3.8) is 0 Å². The first-order valence-corrected chi connectivity index (χ1v) is 6.39. The Kier molecular flexibility index (Phi) is 3.70. The third-order valence-corrected chi connectivity index (χ3v) is 3.03. The number of aromatic nitrogens is 1. The van der Waals surface area contributed by atoms with Gasteiger partial charge in [-0.3, -0.25) is 4.99 Å². The zero-order valence-electron chi connectivity index (χ0n) is 11.2.